The molecule has 0 radical (unpaired) electrons. The van der Waals surface area contributed by atoms with Crippen LogP contribution in [0.4, 0.5) is 5.82 Å². The molecule has 2 aromatic rings. The minimum Gasteiger partial charge on any atom is -0.371 e. The molecule has 92 valence electrons. The first kappa shape index (κ1) is 12.7. The molecule has 0 amide bonds. The summed E-state index contributed by atoms with van der Waals surface area (Å²) < 4.78 is 0.792. The Morgan fingerprint density at radius 3 is 2.44 bits per heavy atom. The zero-order valence-corrected chi connectivity index (χ0v) is 11.7. The first-order valence-corrected chi connectivity index (χ1v) is 6.29. The summed E-state index contributed by atoms with van der Waals surface area (Å²) in [6.07, 6.45) is 0. The molecule has 1 aromatic heterocycles. The summed E-state index contributed by atoms with van der Waals surface area (Å²) in [6.45, 7) is 1.73. The third-order valence-corrected chi connectivity index (χ3v) is 3.35. The van der Waals surface area contributed by atoms with Gasteiger partial charge in [-0.3, -0.25) is 0 Å². The van der Waals surface area contributed by atoms with Crippen LogP contribution in [0.15, 0.2) is 34.8 Å². The maximum Gasteiger partial charge on any atom is 0.158 e. The van der Waals surface area contributed by atoms with Gasteiger partial charge in [0.15, 0.2) is 5.82 Å². The highest BCUT2D eigenvalue weighted by Crippen LogP contribution is 2.31. The van der Waals surface area contributed by atoms with E-state index in [1.807, 2.05) is 30.3 Å². The van der Waals surface area contributed by atoms with Crippen LogP contribution in [0.2, 0.25) is 0 Å². The van der Waals surface area contributed by atoms with Crippen LogP contribution in [-0.2, 0) is 0 Å². The zero-order valence-electron chi connectivity index (χ0n) is 10.2. The molecule has 2 rings (SSSR count). The van der Waals surface area contributed by atoms with Gasteiger partial charge in [0.05, 0.1) is 10.0 Å². The van der Waals surface area contributed by atoms with E-state index in [-0.39, 0.29) is 0 Å². The molecule has 4 nitrogen and oxygen atoms in total. The second-order valence-electron chi connectivity index (χ2n) is 3.83. The molecule has 0 bridgehead atoms. The number of nitrogens with one attached hydrogen (secondary N) is 2. The summed E-state index contributed by atoms with van der Waals surface area (Å²) in [5.74, 6) is 0.606. The van der Waals surface area contributed by atoms with Crippen molar-refractivity contribution in [3.63, 3.8) is 0 Å². The van der Waals surface area contributed by atoms with E-state index < -0.39 is 0 Å². The van der Waals surface area contributed by atoms with Gasteiger partial charge in [0.2, 0.25) is 0 Å². The molecule has 0 saturated heterocycles. The molecule has 0 atom stereocenters. The molecule has 1 heterocycles. The molecule has 18 heavy (non-hydrogen) atoms. The molecule has 1 aromatic carbocycles. The van der Waals surface area contributed by atoms with E-state index in [1.165, 1.54) is 0 Å². The average molecular weight is 305 g/mol. The van der Waals surface area contributed by atoms with Crippen LogP contribution in [0.5, 0.6) is 0 Å². The second kappa shape index (κ2) is 5.27. The maximum absolute atomic E-state index is 7.84. The molecule has 0 unspecified atom stereocenters. The van der Waals surface area contributed by atoms with Crippen molar-refractivity contribution in [1.82, 2.24) is 10.2 Å². The lowest BCUT2D eigenvalue weighted by Crippen LogP contribution is -2.07. The fourth-order valence-corrected chi connectivity index (χ4v) is 2.51. The van der Waals surface area contributed by atoms with Gasteiger partial charge in [-0.1, -0.05) is 30.3 Å². The predicted octanol–water partition coefficient (Wildman–Crippen LogP) is 3.34. The molecule has 0 aliphatic heterocycles. The van der Waals surface area contributed by atoms with E-state index >= 15 is 0 Å². The first-order valence-electron chi connectivity index (χ1n) is 5.50. The Morgan fingerprint density at radius 2 is 1.89 bits per heavy atom. The van der Waals surface area contributed by atoms with Crippen molar-refractivity contribution < 1.29 is 0 Å². The lowest BCUT2D eigenvalue weighted by atomic mass is 10.1. The van der Waals surface area contributed by atoms with Gasteiger partial charge in [-0.2, -0.15) is 0 Å². The quantitative estimate of drug-likeness (QED) is 0.855. The molecule has 0 saturated carbocycles. The lowest BCUT2D eigenvalue weighted by molar-refractivity contribution is 1.02. The number of hydrogen-bond acceptors (Lipinski definition) is 4. The summed E-state index contributed by atoms with van der Waals surface area (Å²) in [4.78, 5) is 0. The van der Waals surface area contributed by atoms with Gasteiger partial charge in [-0.15, -0.1) is 10.2 Å². The van der Waals surface area contributed by atoms with Gasteiger partial charge in [-0.25, -0.2) is 0 Å². The van der Waals surface area contributed by atoms with Gasteiger partial charge in [0.1, 0.15) is 5.69 Å². The van der Waals surface area contributed by atoms with E-state index in [0.717, 1.165) is 21.3 Å². The van der Waals surface area contributed by atoms with Crippen LogP contribution in [0.25, 0.3) is 11.3 Å². The third-order valence-electron chi connectivity index (χ3n) is 2.57. The fraction of sp³-hybridized carbons (Fsp3) is 0.154. The van der Waals surface area contributed by atoms with Crippen LogP contribution >= 0.6 is 15.9 Å². The standard InChI is InChI=1S/C13H13BrN4/c1-8(15)10-11(14)12(17-18-13(10)16-2)9-6-4-3-5-7-9/h3-7,15H,1-2H3,(H,16,18). The van der Waals surface area contributed by atoms with Crippen LogP contribution in [-0.4, -0.2) is 23.0 Å². The van der Waals surface area contributed by atoms with Crippen LogP contribution < -0.4 is 5.32 Å². The summed E-state index contributed by atoms with van der Waals surface area (Å²) >= 11 is 3.53. The van der Waals surface area contributed by atoms with Gasteiger partial charge in [0, 0.05) is 18.3 Å². The van der Waals surface area contributed by atoms with Gasteiger partial charge in [-0.05, 0) is 22.9 Å². The van der Waals surface area contributed by atoms with E-state index in [2.05, 4.69) is 31.4 Å². The lowest BCUT2D eigenvalue weighted by Gasteiger charge is -2.11. The Labute approximate surface area is 114 Å². The van der Waals surface area contributed by atoms with Crippen molar-refractivity contribution in [1.29, 1.82) is 5.41 Å². The normalized spacial score (nSPS) is 10.2. The van der Waals surface area contributed by atoms with Crippen molar-refractivity contribution in [2.45, 2.75) is 6.92 Å². The summed E-state index contributed by atoms with van der Waals surface area (Å²) in [5.41, 5.74) is 2.91. The van der Waals surface area contributed by atoms with Crippen molar-refractivity contribution in [3.05, 3.63) is 40.4 Å². The topological polar surface area (TPSA) is 61.7 Å². The fourth-order valence-electron chi connectivity index (χ4n) is 1.71. The monoisotopic (exact) mass is 304 g/mol. The van der Waals surface area contributed by atoms with Crippen molar-refractivity contribution in [2.75, 3.05) is 12.4 Å². The second-order valence-corrected chi connectivity index (χ2v) is 4.62. The van der Waals surface area contributed by atoms with Crippen LogP contribution in [0.1, 0.15) is 12.5 Å². The Kier molecular flexibility index (Phi) is 3.72. The Bertz CT molecular complexity index is 581. The van der Waals surface area contributed by atoms with E-state index in [0.29, 0.717) is 11.5 Å². The van der Waals surface area contributed by atoms with E-state index in [4.69, 9.17) is 5.41 Å². The largest absolute Gasteiger partial charge is 0.371 e. The van der Waals surface area contributed by atoms with Gasteiger partial charge in [0.25, 0.3) is 0 Å². The SMILES string of the molecule is CNc1nnc(-c2ccccc2)c(Br)c1C(C)=N. The minimum absolute atomic E-state index is 0.443. The summed E-state index contributed by atoms with van der Waals surface area (Å²) in [7, 11) is 1.77. The van der Waals surface area contributed by atoms with E-state index in [9.17, 15) is 0 Å². The highest BCUT2D eigenvalue weighted by atomic mass is 79.9. The molecule has 0 aliphatic rings. The number of benzene rings is 1. The number of hydrogen-bond donors (Lipinski definition) is 2. The van der Waals surface area contributed by atoms with Crippen molar-refractivity contribution in [2.24, 2.45) is 0 Å². The highest BCUT2D eigenvalue weighted by Gasteiger charge is 2.16. The van der Waals surface area contributed by atoms with Crippen molar-refractivity contribution in [3.8, 4) is 11.3 Å². The molecule has 0 aliphatic carbocycles. The maximum atomic E-state index is 7.84. The molecule has 0 fully saturated rings. The van der Waals surface area contributed by atoms with Crippen molar-refractivity contribution >= 4 is 27.5 Å². The van der Waals surface area contributed by atoms with Crippen LogP contribution in [0, 0.1) is 5.41 Å². The number of nitrogens with zero attached hydrogens (tertiary/aromatic N) is 2. The Balaban J connectivity index is 2.65. The highest BCUT2D eigenvalue weighted by molar-refractivity contribution is 9.10. The minimum atomic E-state index is 0.443. The number of halogens is 1. The molecule has 5 heteroatoms. The number of rotatable bonds is 3. The predicted molar refractivity (Wildman–Crippen MR) is 77.2 cm³/mol. The Hall–Kier alpha value is -1.75. The zero-order chi connectivity index (χ0) is 13.1. The Morgan fingerprint density at radius 1 is 1.22 bits per heavy atom. The number of aromatic nitrogens is 2. The molecular formula is C13H13BrN4. The van der Waals surface area contributed by atoms with Gasteiger partial charge < -0.3 is 10.7 Å². The number of anilines is 1. The molecule has 0 spiro atoms. The molecule has 2 N–H and O–H groups in total. The van der Waals surface area contributed by atoms with E-state index in [1.54, 1.807) is 14.0 Å². The smallest absolute Gasteiger partial charge is 0.158 e. The summed E-state index contributed by atoms with van der Waals surface area (Å²) in [6, 6.07) is 9.79. The van der Waals surface area contributed by atoms with Crippen LogP contribution in [0.3, 0.4) is 0 Å². The molecular weight excluding hydrogens is 292 g/mol. The summed E-state index contributed by atoms with van der Waals surface area (Å²) in [5, 5.41) is 19.1. The van der Waals surface area contributed by atoms with Gasteiger partial charge >= 0.3 is 0 Å². The third kappa shape index (κ3) is 2.26. The first-order chi connectivity index (χ1) is 8.65. The average Bonchev–Trinajstić information content (AvgIpc) is 2.38.